The molecule has 0 bridgehead atoms. The number of amides is 1. The fourth-order valence-electron chi connectivity index (χ4n) is 2.21. The zero-order valence-corrected chi connectivity index (χ0v) is 12.1. The Morgan fingerprint density at radius 3 is 2.65 bits per heavy atom. The van der Waals surface area contributed by atoms with E-state index >= 15 is 0 Å². The van der Waals surface area contributed by atoms with Crippen molar-refractivity contribution in [2.45, 2.75) is 0 Å². The van der Waals surface area contributed by atoms with Crippen LogP contribution in [0.25, 0.3) is 0 Å². The Kier molecular flexibility index (Phi) is 4.01. The minimum Gasteiger partial charge on any atom is -0.475 e. The van der Waals surface area contributed by atoms with Crippen molar-refractivity contribution in [3.63, 3.8) is 0 Å². The Morgan fingerprint density at radius 2 is 2.00 bits per heavy atom. The summed E-state index contributed by atoms with van der Waals surface area (Å²) in [5.41, 5.74) is 1.23. The lowest BCUT2D eigenvalue weighted by molar-refractivity contribution is -0.384. The lowest BCUT2D eigenvalue weighted by atomic mass is 10.1. The van der Waals surface area contributed by atoms with E-state index in [4.69, 9.17) is 4.74 Å². The summed E-state index contributed by atoms with van der Waals surface area (Å²) in [6.07, 6.45) is 0. The third-order valence-electron chi connectivity index (χ3n) is 3.31. The highest BCUT2D eigenvalue weighted by Gasteiger charge is 2.20. The van der Waals surface area contributed by atoms with Gasteiger partial charge in [0, 0.05) is 17.7 Å². The molecular formula is C16H13N3O4. The van der Waals surface area contributed by atoms with Gasteiger partial charge < -0.3 is 10.1 Å². The van der Waals surface area contributed by atoms with Gasteiger partial charge in [0.15, 0.2) is 0 Å². The maximum absolute atomic E-state index is 12.3. The van der Waals surface area contributed by atoms with Gasteiger partial charge in [-0.1, -0.05) is 18.2 Å². The molecular weight excluding hydrogens is 298 g/mol. The molecule has 1 amide bonds. The Labute approximate surface area is 131 Å². The van der Waals surface area contributed by atoms with E-state index in [0.29, 0.717) is 35.9 Å². The number of nitro benzene ring substituents is 1. The van der Waals surface area contributed by atoms with Crippen molar-refractivity contribution in [1.29, 1.82) is 0 Å². The number of carbonyl (C=O) groups is 1. The van der Waals surface area contributed by atoms with E-state index in [0.717, 1.165) is 0 Å². The van der Waals surface area contributed by atoms with Crippen LogP contribution in [-0.2, 0) is 4.74 Å². The van der Waals surface area contributed by atoms with E-state index in [1.807, 2.05) is 6.07 Å². The van der Waals surface area contributed by atoms with Gasteiger partial charge in [0.2, 0.25) is 5.90 Å². The molecule has 1 aliphatic heterocycles. The summed E-state index contributed by atoms with van der Waals surface area (Å²) < 4.78 is 5.38. The number of nitrogens with one attached hydrogen (secondary N) is 1. The van der Waals surface area contributed by atoms with Crippen molar-refractivity contribution < 1.29 is 14.5 Å². The van der Waals surface area contributed by atoms with Gasteiger partial charge in [0.1, 0.15) is 6.61 Å². The molecule has 7 heteroatoms. The van der Waals surface area contributed by atoms with Crippen LogP contribution in [-0.4, -0.2) is 29.9 Å². The predicted molar refractivity (Wildman–Crippen MR) is 84.8 cm³/mol. The van der Waals surface area contributed by atoms with E-state index in [1.165, 1.54) is 18.2 Å². The van der Waals surface area contributed by atoms with Gasteiger partial charge in [-0.2, -0.15) is 0 Å². The van der Waals surface area contributed by atoms with Gasteiger partial charge in [-0.05, 0) is 18.2 Å². The lowest BCUT2D eigenvalue weighted by Crippen LogP contribution is -2.15. The van der Waals surface area contributed by atoms with Crippen LogP contribution in [0.3, 0.4) is 0 Å². The molecule has 7 nitrogen and oxygen atoms in total. The highest BCUT2D eigenvalue weighted by molar-refractivity contribution is 6.09. The van der Waals surface area contributed by atoms with Crippen LogP contribution in [0.1, 0.15) is 15.9 Å². The standard InChI is InChI=1S/C16H13N3O4/c20-15(11-4-2-1-3-5-11)18-14-7-6-12(19(21)22)10-13(14)16-17-8-9-23-16/h1-7,10H,8-9H2,(H,18,20). The van der Waals surface area contributed by atoms with Crippen LogP contribution < -0.4 is 5.32 Å². The molecule has 2 aromatic carbocycles. The molecule has 3 rings (SSSR count). The van der Waals surface area contributed by atoms with E-state index < -0.39 is 4.92 Å². The Morgan fingerprint density at radius 1 is 1.22 bits per heavy atom. The highest BCUT2D eigenvalue weighted by Crippen LogP contribution is 2.25. The zero-order chi connectivity index (χ0) is 16.2. The van der Waals surface area contributed by atoms with Gasteiger partial charge in [0.25, 0.3) is 11.6 Å². The smallest absolute Gasteiger partial charge is 0.270 e. The van der Waals surface area contributed by atoms with E-state index in [9.17, 15) is 14.9 Å². The fourth-order valence-corrected chi connectivity index (χ4v) is 2.21. The molecule has 116 valence electrons. The molecule has 0 spiro atoms. The van der Waals surface area contributed by atoms with Crippen LogP contribution >= 0.6 is 0 Å². The van der Waals surface area contributed by atoms with Gasteiger partial charge >= 0.3 is 0 Å². The topological polar surface area (TPSA) is 93.8 Å². The molecule has 1 heterocycles. The first-order chi connectivity index (χ1) is 11.1. The number of hydrogen-bond donors (Lipinski definition) is 1. The molecule has 2 aromatic rings. The summed E-state index contributed by atoms with van der Waals surface area (Å²) in [5, 5.41) is 13.7. The van der Waals surface area contributed by atoms with Crippen molar-refractivity contribution in [1.82, 2.24) is 0 Å². The number of benzene rings is 2. The number of carbonyl (C=O) groups excluding carboxylic acids is 1. The van der Waals surface area contributed by atoms with Gasteiger partial charge in [0.05, 0.1) is 22.7 Å². The average Bonchev–Trinajstić information content (AvgIpc) is 3.10. The van der Waals surface area contributed by atoms with Crippen molar-refractivity contribution in [3.05, 3.63) is 69.8 Å². The molecule has 0 saturated heterocycles. The first-order valence-corrected chi connectivity index (χ1v) is 6.97. The summed E-state index contributed by atoms with van der Waals surface area (Å²) in [4.78, 5) is 26.9. The van der Waals surface area contributed by atoms with E-state index in [1.54, 1.807) is 24.3 Å². The second kappa shape index (κ2) is 6.27. The number of hydrogen-bond acceptors (Lipinski definition) is 5. The maximum Gasteiger partial charge on any atom is 0.270 e. The van der Waals surface area contributed by atoms with Crippen LogP contribution in [0.5, 0.6) is 0 Å². The minimum atomic E-state index is -0.498. The summed E-state index contributed by atoms with van der Waals surface area (Å²) in [6, 6.07) is 12.9. The number of rotatable bonds is 4. The maximum atomic E-state index is 12.3. The highest BCUT2D eigenvalue weighted by atomic mass is 16.6. The predicted octanol–water partition coefficient (Wildman–Crippen LogP) is 2.62. The molecule has 0 unspecified atom stereocenters. The van der Waals surface area contributed by atoms with E-state index in [-0.39, 0.29) is 11.6 Å². The molecule has 1 aliphatic rings. The third kappa shape index (κ3) is 3.18. The summed E-state index contributed by atoms with van der Waals surface area (Å²) >= 11 is 0. The molecule has 0 aromatic heterocycles. The van der Waals surface area contributed by atoms with Crippen LogP contribution in [0.4, 0.5) is 11.4 Å². The Hall–Kier alpha value is -3.22. The number of nitrogens with zero attached hydrogens (tertiary/aromatic N) is 2. The Balaban J connectivity index is 1.95. The van der Waals surface area contributed by atoms with E-state index in [2.05, 4.69) is 10.3 Å². The van der Waals surface area contributed by atoms with Crippen molar-refractivity contribution in [2.24, 2.45) is 4.99 Å². The number of aliphatic imine (C=N–C) groups is 1. The molecule has 0 saturated carbocycles. The Bertz CT molecular complexity index is 787. The van der Waals surface area contributed by atoms with Crippen molar-refractivity contribution in [2.75, 3.05) is 18.5 Å². The third-order valence-corrected chi connectivity index (χ3v) is 3.31. The quantitative estimate of drug-likeness (QED) is 0.693. The summed E-state index contributed by atoms with van der Waals surface area (Å²) in [7, 11) is 0. The molecule has 23 heavy (non-hydrogen) atoms. The van der Waals surface area contributed by atoms with Gasteiger partial charge in [-0.3, -0.25) is 14.9 Å². The summed E-state index contributed by atoms with van der Waals surface area (Å²) in [6.45, 7) is 0.911. The monoisotopic (exact) mass is 311 g/mol. The zero-order valence-electron chi connectivity index (χ0n) is 12.1. The average molecular weight is 311 g/mol. The number of ether oxygens (including phenoxy) is 1. The van der Waals surface area contributed by atoms with Gasteiger partial charge in [-0.25, -0.2) is 4.99 Å². The SMILES string of the molecule is O=C(Nc1ccc([N+](=O)[O-])cc1C1=NCCO1)c1ccccc1. The van der Waals surface area contributed by atoms with Crippen LogP contribution in [0.2, 0.25) is 0 Å². The molecule has 0 aliphatic carbocycles. The van der Waals surface area contributed by atoms with Crippen molar-refractivity contribution >= 4 is 23.2 Å². The fraction of sp³-hybridized carbons (Fsp3) is 0.125. The van der Waals surface area contributed by atoms with Crippen LogP contribution in [0.15, 0.2) is 53.5 Å². The lowest BCUT2D eigenvalue weighted by Gasteiger charge is -2.11. The molecule has 0 fully saturated rings. The largest absolute Gasteiger partial charge is 0.475 e. The number of anilines is 1. The van der Waals surface area contributed by atoms with Crippen molar-refractivity contribution in [3.8, 4) is 0 Å². The second-order valence-electron chi connectivity index (χ2n) is 4.84. The van der Waals surface area contributed by atoms with Crippen LogP contribution in [0, 0.1) is 10.1 Å². The minimum absolute atomic E-state index is 0.0871. The summed E-state index contributed by atoms with van der Waals surface area (Å²) in [5.74, 6) is -0.00337. The number of non-ortho nitro benzene ring substituents is 1. The molecule has 0 atom stereocenters. The first kappa shape index (κ1) is 14.7. The van der Waals surface area contributed by atoms with Gasteiger partial charge in [-0.15, -0.1) is 0 Å². The molecule has 1 N–H and O–H groups in total. The first-order valence-electron chi connectivity index (χ1n) is 6.97. The second-order valence-corrected chi connectivity index (χ2v) is 4.84. The molecule has 0 radical (unpaired) electrons. The normalized spacial score (nSPS) is 13.1. The number of nitro groups is 1.